The van der Waals surface area contributed by atoms with Crippen molar-refractivity contribution in [2.24, 2.45) is 5.92 Å². The predicted octanol–water partition coefficient (Wildman–Crippen LogP) is 6.75. The summed E-state index contributed by atoms with van der Waals surface area (Å²) in [5.74, 6) is -0.911. The topological polar surface area (TPSA) is 66.4 Å². The van der Waals surface area contributed by atoms with Gasteiger partial charge in [0.25, 0.3) is 0 Å². The number of carbonyl (C=O) groups excluding carboxylic acids is 1. The van der Waals surface area contributed by atoms with Gasteiger partial charge in [-0.2, -0.15) is 0 Å². The van der Waals surface area contributed by atoms with Crippen molar-refractivity contribution in [1.82, 2.24) is 5.32 Å². The van der Waals surface area contributed by atoms with Gasteiger partial charge in [0.2, 0.25) is 5.91 Å². The molecule has 0 aliphatic rings. The van der Waals surface area contributed by atoms with E-state index in [-0.39, 0.29) is 11.8 Å². The molecule has 0 radical (unpaired) electrons. The average Bonchev–Trinajstić information content (AvgIpc) is 2.69. The van der Waals surface area contributed by atoms with Gasteiger partial charge in [-0.15, -0.1) is 0 Å². The van der Waals surface area contributed by atoms with Crippen LogP contribution in [0.15, 0.2) is 48.6 Å². The normalized spacial score (nSPS) is 13.3. The summed E-state index contributed by atoms with van der Waals surface area (Å²) in [5, 5.41) is 11.8. The first-order valence-electron chi connectivity index (χ1n) is 11.6. The highest BCUT2D eigenvalue weighted by molar-refractivity contribution is 5.83. The molecular weight excluding hydrogens is 374 g/mol. The summed E-state index contributed by atoms with van der Waals surface area (Å²) in [5.41, 5.74) is 0. The molecule has 0 saturated carbocycles. The molecule has 0 spiro atoms. The number of amides is 1. The Labute approximate surface area is 184 Å². The molecule has 170 valence electrons. The SMILES string of the molecule is CCCCC/C=C\C/C=C\C/C=C\C/C=C\CCCC(=O)N[C@H](CC(C)C)C(=O)O. The monoisotopic (exact) mass is 417 g/mol. The van der Waals surface area contributed by atoms with Crippen LogP contribution in [-0.2, 0) is 9.59 Å². The first-order chi connectivity index (χ1) is 14.5. The molecule has 1 amide bonds. The fourth-order valence-electron chi connectivity index (χ4n) is 2.90. The molecule has 0 fully saturated rings. The second-order valence-electron chi connectivity index (χ2n) is 8.07. The van der Waals surface area contributed by atoms with Gasteiger partial charge < -0.3 is 10.4 Å². The Bertz CT molecular complexity index is 559. The number of aliphatic carboxylic acids is 1. The van der Waals surface area contributed by atoms with Gasteiger partial charge in [0.1, 0.15) is 6.04 Å². The quantitative estimate of drug-likeness (QED) is 0.191. The highest BCUT2D eigenvalue weighted by Gasteiger charge is 2.20. The predicted molar refractivity (Wildman–Crippen MR) is 127 cm³/mol. The minimum absolute atomic E-state index is 0.182. The summed E-state index contributed by atoms with van der Waals surface area (Å²) in [4.78, 5) is 23.0. The number of allylic oxidation sites excluding steroid dienone is 8. The van der Waals surface area contributed by atoms with Crippen LogP contribution < -0.4 is 5.32 Å². The van der Waals surface area contributed by atoms with Gasteiger partial charge in [-0.1, -0.05) is 82.2 Å². The summed E-state index contributed by atoms with van der Waals surface area (Å²) in [7, 11) is 0. The maximum absolute atomic E-state index is 11.9. The highest BCUT2D eigenvalue weighted by atomic mass is 16.4. The van der Waals surface area contributed by atoms with Crippen molar-refractivity contribution < 1.29 is 14.7 Å². The van der Waals surface area contributed by atoms with E-state index in [1.54, 1.807) is 0 Å². The number of carboxylic acid groups (broad SMARTS) is 1. The molecule has 0 heterocycles. The van der Waals surface area contributed by atoms with Crippen molar-refractivity contribution in [3.05, 3.63) is 48.6 Å². The molecule has 2 N–H and O–H groups in total. The second-order valence-corrected chi connectivity index (χ2v) is 8.07. The molecule has 30 heavy (non-hydrogen) atoms. The third-order valence-electron chi connectivity index (χ3n) is 4.57. The van der Waals surface area contributed by atoms with Crippen molar-refractivity contribution in [2.45, 2.75) is 97.4 Å². The highest BCUT2D eigenvalue weighted by Crippen LogP contribution is 2.06. The third kappa shape index (κ3) is 19.2. The van der Waals surface area contributed by atoms with Crippen LogP contribution in [-0.4, -0.2) is 23.0 Å². The number of nitrogens with one attached hydrogen (secondary N) is 1. The van der Waals surface area contributed by atoms with Crippen molar-refractivity contribution in [1.29, 1.82) is 0 Å². The Balaban J connectivity index is 3.73. The fourth-order valence-corrected chi connectivity index (χ4v) is 2.90. The summed E-state index contributed by atoms with van der Waals surface area (Å²) < 4.78 is 0. The third-order valence-corrected chi connectivity index (χ3v) is 4.57. The first kappa shape index (κ1) is 27.9. The molecule has 0 rings (SSSR count). The lowest BCUT2D eigenvalue weighted by Crippen LogP contribution is -2.41. The van der Waals surface area contributed by atoms with Gasteiger partial charge in [0, 0.05) is 6.42 Å². The van der Waals surface area contributed by atoms with Crippen LogP contribution >= 0.6 is 0 Å². The molecule has 0 aliphatic heterocycles. The largest absolute Gasteiger partial charge is 0.480 e. The molecular formula is C26H43NO3. The Morgan fingerprint density at radius 1 is 0.800 bits per heavy atom. The van der Waals surface area contributed by atoms with Gasteiger partial charge >= 0.3 is 5.97 Å². The number of carbonyl (C=O) groups is 2. The lowest BCUT2D eigenvalue weighted by atomic mass is 10.0. The smallest absolute Gasteiger partial charge is 0.326 e. The molecule has 0 aromatic heterocycles. The zero-order chi connectivity index (χ0) is 22.5. The molecule has 0 aliphatic carbocycles. The lowest BCUT2D eigenvalue weighted by Gasteiger charge is -2.16. The van der Waals surface area contributed by atoms with Crippen LogP contribution in [0, 0.1) is 5.92 Å². The number of hydrogen-bond donors (Lipinski definition) is 2. The lowest BCUT2D eigenvalue weighted by molar-refractivity contribution is -0.142. The van der Waals surface area contributed by atoms with E-state index in [4.69, 9.17) is 5.11 Å². The Kier molecular flexibility index (Phi) is 18.8. The fraction of sp³-hybridized carbons (Fsp3) is 0.615. The molecule has 4 heteroatoms. The van der Waals surface area contributed by atoms with Gasteiger partial charge in [-0.05, 0) is 57.3 Å². The van der Waals surface area contributed by atoms with Crippen molar-refractivity contribution in [2.75, 3.05) is 0 Å². The van der Waals surface area contributed by atoms with Crippen molar-refractivity contribution in [3.8, 4) is 0 Å². The number of rotatable bonds is 18. The van der Waals surface area contributed by atoms with Gasteiger partial charge in [0.15, 0.2) is 0 Å². The van der Waals surface area contributed by atoms with Crippen LogP contribution in [0.3, 0.4) is 0 Å². The summed E-state index contributed by atoms with van der Waals surface area (Å²) in [6.45, 7) is 6.13. The van der Waals surface area contributed by atoms with Crippen LogP contribution in [0.2, 0.25) is 0 Å². The number of hydrogen-bond acceptors (Lipinski definition) is 2. The van der Waals surface area contributed by atoms with Crippen molar-refractivity contribution in [3.63, 3.8) is 0 Å². The summed E-state index contributed by atoms with van der Waals surface area (Å²) >= 11 is 0. The zero-order valence-corrected chi connectivity index (χ0v) is 19.3. The van der Waals surface area contributed by atoms with E-state index in [9.17, 15) is 9.59 Å². The van der Waals surface area contributed by atoms with E-state index in [2.05, 4.69) is 60.8 Å². The molecule has 0 bridgehead atoms. The Morgan fingerprint density at radius 2 is 1.30 bits per heavy atom. The Hall–Kier alpha value is -2.10. The van der Waals surface area contributed by atoms with Crippen LogP contribution in [0.4, 0.5) is 0 Å². The molecule has 1 atom stereocenters. The zero-order valence-electron chi connectivity index (χ0n) is 19.3. The number of unbranched alkanes of at least 4 members (excludes halogenated alkanes) is 4. The van der Waals surface area contributed by atoms with Gasteiger partial charge in [-0.25, -0.2) is 4.79 Å². The van der Waals surface area contributed by atoms with Crippen LogP contribution in [0.25, 0.3) is 0 Å². The molecule has 4 nitrogen and oxygen atoms in total. The average molecular weight is 418 g/mol. The summed E-state index contributed by atoms with van der Waals surface area (Å²) in [6, 6.07) is -0.783. The van der Waals surface area contributed by atoms with Gasteiger partial charge in [0.05, 0.1) is 0 Å². The van der Waals surface area contributed by atoms with Crippen LogP contribution in [0.5, 0.6) is 0 Å². The van der Waals surface area contributed by atoms with E-state index >= 15 is 0 Å². The first-order valence-corrected chi connectivity index (χ1v) is 11.6. The maximum atomic E-state index is 11.9. The Morgan fingerprint density at radius 3 is 1.77 bits per heavy atom. The number of carboxylic acids is 1. The van der Waals surface area contributed by atoms with E-state index in [0.717, 1.165) is 32.1 Å². The second kappa shape index (κ2) is 20.2. The van der Waals surface area contributed by atoms with Crippen LogP contribution in [0.1, 0.15) is 91.4 Å². The minimum Gasteiger partial charge on any atom is -0.480 e. The summed E-state index contributed by atoms with van der Waals surface area (Å²) in [6.07, 6.45) is 27.8. The van der Waals surface area contributed by atoms with E-state index < -0.39 is 12.0 Å². The van der Waals surface area contributed by atoms with Crippen molar-refractivity contribution >= 4 is 11.9 Å². The van der Waals surface area contributed by atoms with Gasteiger partial charge in [-0.3, -0.25) is 4.79 Å². The standard InChI is InChI=1S/C26H43NO3/c1-4-5-6-7-8-9-10-11-12-13-14-15-16-17-18-19-20-21-25(28)27-24(26(29)30)22-23(2)3/h8-9,11-12,14-15,17-18,23-24H,4-7,10,13,16,19-22H2,1-3H3,(H,27,28)(H,29,30)/b9-8-,12-11-,15-14-,18-17-/t24-/m1/s1. The maximum Gasteiger partial charge on any atom is 0.326 e. The molecule has 0 unspecified atom stereocenters. The minimum atomic E-state index is -0.961. The molecule has 0 saturated heterocycles. The molecule has 0 aromatic carbocycles. The van der Waals surface area contributed by atoms with E-state index in [1.165, 1.54) is 25.7 Å². The van der Waals surface area contributed by atoms with E-state index in [0.29, 0.717) is 12.8 Å². The van der Waals surface area contributed by atoms with E-state index in [1.807, 2.05) is 13.8 Å². The molecule has 0 aromatic rings.